The molecule has 1 fully saturated rings. The molecule has 118 valence electrons. The zero-order valence-corrected chi connectivity index (χ0v) is 13.8. The summed E-state index contributed by atoms with van der Waals surface area (Å²) in [5.41, 5.74) is 2.67. The van der Waals surface area contributed by atoms with Crippen LogP contribution in [-0.4, -0.2) is 48.5 Å². The number of aliphatic hydroxyl groups excluding tert-OH is 1. The molecule has 2 unspecified atom stereocenters. The Morgan fingerprint density at radius 3 is 2.52 bits per heavy atom. The fraction of sp³-hybridized carbons (Fsp3) is 0.667. The summed E-state index contributed by atoms with van der Waals surface area (Å²) in [6.07, 6.45) is 0.160. The minimum Gasteiger partial charge on any atom is -0.390 e. The Morgan fingerprint density at radius 2 is 1.95 bits per heavy atom. The Labute approximate surface area is 128 Å². The van der Waals surface area contributed by atoms with Crippen LogP contribution in [-0.2, 0) is 16.6 Å². The van der Waals surface area contributed by atoms with Gasteiger partial charge >= 0.3 is 0 Å². The predicted molar refractivity (Wildman–Crippen MR) is 86.7 cm³/mol. The van der Waals surface area contributed by atoms with E-state index >= 15 is 0 Å². The molecule has 0 radical (unpaired) electrons. The maximum absolute atomic E-state index is 10.4. The maximum Gasteiger partial charge on any atom is 0.0964 e. The molecule has 0 saturated carbocycles. The molecular formula is C18H29NO2. The topological polar surface area (TPSA) is 32.7 Å². The van der Waals surface area contributed by atoms with Gasteiger partial charge in [0, 0.05) is 19.5 Å². The van der Waals surface area contributed by atoms with Gasteiger partial charge in [0.25, 0.3) is 0 Å². The number of ether oxygens (including phenoxy) is 1. The van der Waals surface area contributed by atoms with E-state index < -0.39 is 6.10 Å². The molecule has 1 aromatic rings. The van der Waals surface area contributed by atoms with Gasteiger partial charge in [-0.2, -0.15) is 0 Å². The van der Waals surface area contributed by atoms with Gasteiger partial charge in [-0.3, -0.25) is 4.90 Å². The van der Waals surface area contributed by atoms with Crippen molar-refractivity contribution in [2.45, 2.75) is 51.7 Å². The van der Waals surface area contributed by atoms with E-state index in [1.165, 1.54) is 11.1 Å². The predicted octanol–water partition coefficient (Wildman–Crippen LogP) is 2.61. The number of aliphatic hydroxyl groups is 1. The first-order valence-electron chi connectivity index (χ1n) is 8.01. The van der Waals surface area contributed by atoms with Gasteiger partial charge in [-0.15, -0.1) is 0 Å². The molecule has 0 aromatic heterocycles. The molecule has 0 aliphatic carbocycles. The van der Waals surface area contributed by atoms with E-state index in [0.717, 1.165) is 26.2 Å². The summed E-state index contributed by atoms with van der Waals surface area (Å²) in [5.74, 6) is 0. The summed E-state index contributed by atoms with van der Waals surface area (Å²) in [4.78, 5) is 2.33. The van der Waals surface area contributed by atoms with E-state index in [1.54, 1.807) is 0 Å². The summed E-state index contributed by atoms with van der Waals surface area (Å²) in [6.45, 7) is 12.3. The number of nitrogens with zero attached hydrogens (tertiary/aromatic N) is 1. The highest BCUT2D eigenvalue weighted by Crippen LogP contribution is 2.23. The molecule has 1 saturated heterocycles. The van der Waals surface area contributed by atoms with E-state index in [9.17, 15) is 5.11 Å². The van der Waals surface area contributed by atoms with E-state index in [-0.39, 0.29) is 11.5 Å². The maximum atomic E-state index is 10.4. The molecule has 2 atom stereocenters. The molecule has 0 spiro atoms. The average Bonchev–Trinajstić information content (AvgIpc) is 2.47. The number of benzene rings is 1. The van der Waals surface area contributed by atoms with Crippen LogP contribution in [0.5, 0.6) is 0 Å². The van der Waals surface area contributed by atoms with Crippen LogP contribution in [0.1, 0.15) is 38.8 Å². The van der Waals surface area contributed by atoms with Gasteiger partial charge in [-0.1, -0.05) is 52.0 Å². The van der Waals surface area contributed by atoms with Crippen LogP contribution in [0.4, 0.5) is 0 Å². The largest absolute Gasteiger partial charge is 0.390 e. The molecule has 1 aliphatic heterocycles. The highest BCUT2D eigenvalue weighted by atomic mass is 16.5. The lowest BCUT2D eigenvalue weighted by atomic mass is 9.86. The van der Waals surface area contributed by atoms with Gasteiger partial charge in [0.05, 0.1) is 18.8 Å². The first kappa shape index (κ1) is 16.5. The summed E-state index contributed by atoms with van der Waals surface area (Å²) in [6, 6.07) is 8.60. The van der Waals surface area contributed by atoms with Gasteiger partial charge in [0.15, 0.2) is 0 Å². The van der Waals surface area contributed by atoms with Crippen LogP contribution in [0.3, 0.4) is 0 Å². The number of likely N-dealkylation sites (N-methyl/N-ethyl adjacent to an activating group) is 1. The van der Waals surface area contributed by atoms with Crippen LogP contribution in [0, 0.1) is 0 Å². The highest BCUT2D eigenvalue weighted by molar-refractivity contribution is 5.28. The van der Waals surface area contributed by atoms with Gasteiger partial charge in [0.1, 0.15) is 0 Å². The Balaban J connectivity index is 1.94. The lowest BCUT2D eigenvalue weighted by Gasteiger charge is -2.34. The zero-order valence-electron chi connectivity index (χ0n) is 13.8. The Kier molecular flexibility index (Phi) is 5.42. The second-order valence-corrected chi connectivity index (χ2v) is 7.02. The first-order chi connectivity index (χ1) is 9.90. The lowest BCUT2D eigenvalue weighted by molar-refractivity contribution is -0.0867. The third-order valence-electron chi connectivity index (χ3n) is 4.32. The zero-order chi connectivity index (χ0) is 15.5. The van der Waals surface area contributed by atoms with Crippen LogP contribution in [0.15, 0.2) is 24.3 Å². The fourth-order valence-corrected chi connectivity index (χ4v) is 2.77. The number of morpholine rings is 1. The Hall–Kier alpha value is -0.900. The molecule has 0 bridgehead atoms. The van der Waals surface area contributed by atoms with Crippen molar-refractivity contribution in [3.63, 3.8) is 0 Å². The van der Waals surface area contributed by atoms with Crippen molar-refractivity contribution in [3.8, 4) is 0 Å². The smallest absolute Gasteiger partial charge is 0.0964 e. The second-order valence-electron chi connectivity index (χ2n) is 7.02. The summed E-state index contributed by atoms with van der Waals surface area (Å²) < 4.78 is 5.73. The molecule has 21 heavy (non-hydrogen) atoms. The van der Waals surface area contributed by atoms with Crippen molar-refractivity contribution in [1.82, 2.24) is 4.90 Å². The fourth-order valence-electron chi connectivity index (χ4n) is 2.77. The minimum absolute atomic E-state index is 0.0685. The van der Waals surface area contributed by atoms with Crippen LogP contribution < -0.4 is 0 Å². The molecule has 1 N–H and O–H groups in total. The van der Waals surface area contributed by atoms with Crippen molar-refractivity contribution in [1.29, 1.82) is 0 Å². The lowest BCUT2D eigenvalue weighted by Crippen LogP contribution is -2.48. The van der Waals surface area contributed by atoms with Gasteiger partial charge in [0.2, 0.25) is 0 Å². The van der Waals surface area contributed by atoms with Crippen LogP contribution in [0.2, 0.25) is 0 Å². The van der Waals surface area contributed by atoms with Crippen LogP contribution in [0.25, 0.3) is 0 Å². The van der Waals surface area contributed by atoms with Crippen LogP contribution >= 0.6 is 0 Å². The first-order valence-corrected chi connectivity index (χ1v) is 8.01. The molecule has 1 aliphatic rings. The van der Waals surface area contributed by atoms with Gasteiger partial charge in [-0.25, -0.2) is 0 Å². The molecule has 3 nitrogen and oxygen atoms in total. The molecular weight excluding hydrogens is 262 g/mol. The minimum atomic E-state index is -0.431. The van der Waals surface area contributed by atoms with Crippen molar-refractivity contribution >= 4 is 0 Å². The Morgan fingerprint density at radius 1 is 1.29 bits per heavy atom. The van der Waals surface area contributed by atoms with E-state index in [2.05, 4.69) is 56.9 Å². The number of hydrogen-bond donors (Lipinski definition) is 1. The van der Waals surface area contributed by atoms with Crippen molar-refractivity contribution < 1.29 is 9.84 Å². The SMILES string of the molecule is CCN1CCOC(C(O)Cc2ccc(C(C)(C)C)cc2)C1. The standard InChI is InChI=1S/C18H29NO2/c1-5-19-10-11-21-17(13-19)16(20)12-14-6-8-15(9-7-14)18(2,3)4/h6-9,16-17,20H,5,10-13H2,1-4H3. The molecule has 1 aromatic carbocycles. The number of hydrogen-bond acceptors (Lipinski definition) is 3. The van der Waals surface area contributed by atoms with E-state index in [4.69, 9.17) is 4.74 Å². The van der Waals surface area contributed by atoms with E-state index in [0.29, 0.717) is 6.42 Å². The quantitative estimate of drug-likeness (QED) is 0.925. The molecule has 3 heteroatoms. The van der Waals surface area contributed by atoms with Crippen molar-refractivity contribution in [3.05, 3.63) is 35.4 Å². The summed E-state index contributed by atoms with van der Waals surface area (Å²) >= 11 is 0. The summed E-state index contributed by atoms with van der Waals surface area (Å²) in [7, 11) is 0. The Bertz CT molecular complexity index is 436. The molecule has 1 heterocycles. The monoisotopic (exact) mass is 291 g/mol. The van der Waals surface area contributed by atoms with E-state index in [1.807, 2.05) is 0 Å². The van der Waals surface area contributed by atoms with Gasteiger partial charge in [-0.05, 0) is 23.1 Å². The third kappa shape index (κ3) is 4.53. The number of rotatable bonds is 4. The normalized spacial score (nSPS) is 22.2. The molecule has 0 amide bonds. The average molecular weight is 291 g/mol. The molecule has 2 rings (SSSR count). The third-order valence-corrected chi connectivity index (χ3v) is 4.32. The van der Waals surface area contributed by atoms with Crippen molar-refractivity contribution in [2.75, 3.05) is 26.2 Å². The van der Waals surface area contributed by atoms with Crippen molar-refractivity contribution in [2.24, 2.45) is 0 Å². The highest BCUT2D eigenvalue weighted by Gasteiger charge is 2.26. The summed E-state index contributed by atoms with van der Waals surface area (Å²) in [5, 5.41) is 10.4. The second kappa shape index (κ2) is 6.91. The van der Waals surface area contributed by atoms with Gasteiger partial charge < -0.3 is 9.84 Å².